The van der Waals surface area contributed by atoms with E-state index in [0.717, 1.165) is 30.7 Å². The van der Waals surface area contributed by atoms with E-state index in [0.29, 0.717) is 17.3 Å². The van der Waals surface area contributed by atoms with E-state index in [2.05, 4.69) is 31.5 Å². The van der Waals surface area contributed by atoms with Gasteiger partial charge in [-0.25, -0.2) is 0 Å². The van der Waals surface area contributed by atoms with Crippen molar-refractivity contribution in [2.24, 2.45) is 0 Å². The van der Waals surface area contributed by atoms with Crippen LogP contribution < -0.4 is 10.6 Å². The molecule has 18 heavy (non-hydrogen) atoms. The predicted molar refractivity (Wildman–Crippen MR) is 77.1 cm³/mol. The maximum atomic E-state index is 11.9. The zero-order valence-corrected chi connectivity index (χ0v) is 12.2. The third-order valence-corrected chi connectivity index (χ3v) is 4.20. The fourth-order valence-electron chi connectivity index (χ4n) is 1.86. The first-order chi connectivity index (χ1) is 8.66. The molecule has 0 spiro atoms. The van der Waals surface area contributed by atoms with Gasteiger partial charge < -0.3 is 10.6 Å². The Hall–Kier alpha value is -0.620. The van der Waals surface area contributed by atoms with Gasteiger partial charge in [-0.3, -0.25) is 9.69 Å². The molecule has 1 heterocycles. The van der Waals surface area contributed by atoms with Crippen molar-refractivity contribution in [1.29, 1.82) is 0 Å². The molecule has 2 N–H and O–H groups in total. The molecule has 1 aliphatic rings. The zero-order chi connectivity index (χ0) is 13.0. The Morgan fingerprint density at radius 2 is 2.17 bits per heavy atom. The molecular formula is C12H15BrClN3O. The van der Waals surface area contributed by atoms with Crippen molar-refractivity contribution in [1.82, 2.24) is 10.2 Å². The van der Waals surface area contributed by atoms with Crippen LogP contribution in [0.25, 0.3) is 0 Å². The largest absolute Gasteiger partial charge is 0.324 e. The number of hydrogen-bond donors (Lipinski definition) is 2. The van der Waals surface area contributed by atoms with Crippen molar-refractivity contribution in [2.45, 2.75) is 0 Å². The van der Waals surface area contributed by atoms with Crippen molar-refractivity contribution in [3.63, 3.8) is 0 Å². The van der Waals surface area contributed by atoms with Crippen LogP contribution in [0, 0.1) is 0 Å². The number of amides is 1. The van der Waals surface area contributed by atoms with Crippen LogP contribution in [0.3, 0.4) is 0 Å². The summed E-state index contributed by atoms with van der Waals surface area (Å²) in [6.45, 7) is 4.11. The maximum Gasteiger partial charge on any atom is 0.238 e. The fraction of sp³-hybridized carbons (Fsp3) is 0.417. The lowest BCUT2D eigenvalue weighted by atomic mass is 10.3. The third kappa shape index (κ3) is 3.68. The highest BCUT2D eigenvalue weighted by Gasteiger charge is 2.14. The summed E-state index contributed by atoms with van der Waals surface area (Å²) in [6.07, 6.45) is 0. The first-order valence-electron chi connectivity index (χ1n) is 5.84. The zero-order valence-electron chi connectivity index (χ0n) is 9.88. The molecule has 0 saturated carbocycles. The molecule has 0 unspecified atom stereocenters. The Kier molecular flexibility index (Phi) is 5.00. The quantitative estimate of drug-likeness (QED) is 0.889. The van der Waals surface area contributed by atoms with E-state index in [1.165, 1.54) is 0 Å². The monoisotopic (exact) mass is 331 g/mol. The highest BCUT2D eigenvalue weighted by molar-refractivity contribution is 9.10. The summed E-state index contributed by atoms with van der Waals surface area (Å²) in [6, 6.07) is 5.41. The van der Waals surface area contributed by atoms with Gasteiger partial charge in [0.25, 0.3) is 0 Å². The number of benzene rings is 1. The molecule has 0 radical (unpaired) electrons. The lowest BCUT2D eigenvalue weighted by molar-refractivity contribution is -0.117. The Morgan fingerprint density at radius 3 is 2.89 bits per heavy atom. The Bertz CT molecular complexity index is 435. The van der Waals surface area contributed by atoms with Crippen molar-refractivity contribution in [3.05, 3.63) is 27.7 Å². The fourth-order valence-corrected chi connectivity index (χ4v) is 2.40. The molecule has 1 aromatic carbocycles. The average molecular weight is 333 g/mol. The van der Waals surface area contributed by atoms with Gasteiger partial charge in [-0.2, -0.15) is 0 Å². The summed E-state index contributed by atoms with van der Waals surface area (Å²) < 4.78 is 0.723. The van der Waals surface area contributed by atoms with Crippen LogP contribution in [0.5, 0.6) is 0 Å². The first kappa shape index (κ1) is 13.8. The molecule has 1 amide bonds. The first-order valence-corrected chi connectivity index (χ1v) is 7.01. The molecule has 0 aromatic heterocycles. The summed E-state index contributed by atoms with van der Waals surface area (Å²) in [5.41, 5.74) is 0.711. The number of halogens is 2. The van der Waals surface area contributed by atoms with Crippen molar-refractivity contribution < 1.29 is 4.79 Å². The minimum atomic E-state index is -0.0140. The molecular weight excluding hydrogens is 318 g/mol. The lowest BCUT2D eigenvalue weighted by Crippen LogP contribution is -2.46. The highest BCUT2D eigenvalue weighted by Crippen LogP contribution is 2.29. The smallest absolute Gasteiger partial charge is 0.238 e. The Labute approximate surface area is 120 Å². The van der Waals surface area contributed by atoms with Crippen molar-refractivity contribution >= 4 is 39.1 Å². The van der Waals surface area contributed by atoms with E-state index in [1.54, 1.807) is 6.07 Å². The van der Waals surface area contributed by atoms with E-state index in [1.807, 2.05) is 12.1 Å². The Balaban J connectivity index is 1.92. The van der Waals surface area contributed by atoms with Crippen molar-refractivity contribution in [3.8, 4) is 0 Å². The maximum absolute atomic E-state index is 11.9. The predicted octanol–water partition coefficient (Wildman–Crippen LogP) is 1.95. The molecule has 0 atom stereocenters. The standard InChI is InChI=1S/C12H15BrClN3O/c13-12-9(14)2-1-3-10(12)16-11(18)8-17-6-4-15-5-7-17/h1-3,15H,4-8H2,(H,16,18). The second-order valence-electron chi connectivity index (χ2n) is 4.18. The number of piperazine rings is 1. The number of anilines is 1. The molecule has 4 nitrogen and oxygen atoms in total. The number of rotatable bonds is 3. The van der Waals surface area contributed by atoms with E-state index in [4.69, 9.17) is 11.6 Å². The topological polar surface area (TPSA) is 44.4 Å². The number of nitrogens with one attached hydrogen (secondary N) is 2. The molecule has 2 rings (SSSR count). The van der Waals surface area contributed by atoms with Gasteiger partial charge in [0.05, 0.1) is 21.7 Å². The van der Waals surface area contributed by atoms with Gasteiger partial charge in [0.1, 0.15) is 0 Å². The summed E-state index contributed by atoms with van der Waals surface area (Å²) in [7, 11) is 0. The number of hydrogen-bond acceptors (Lipinski definition) is 3. The number of carbonyl (C=O) groups excluding carboxylic acids is 1. The molecule has 1 aromatic rings. The summed E-state index contributed by atoms with van der Waals surface area (Å²) in [5.74, 6) is -0.0140. The summed E-state index contributed by atoms with van der Waals surface area (Å²) in [5, 5.41) is 6.71. The average Bonchev–Trinajstić information content (AvgIpc) is 2.36. The molecule has 98 valence electrons. The Morgan fingerprint density at radius 1 is 1.44 bits per heavy atom. The van der Waals surface area contributed by atoms with E-state index >= 15 is 0 Å². The van der Waals surface area contributed by atoms with Gasteiger partial charge in [0.2, 0.25) is 5.91 Å². The molecule has 1 saturated heterocycles. The van der Waals surface area contributed by atoms with Crippen LogP contribution in [0.2, 0.25) is 5.02 Å². The molecule has 1 fully saturated rings. The number of nitrogens with zero attached hydrogens (tertiary/aromatic N) is 1. The summed E-state index contributed by atoms with van der Waals surface area (Å²) >= 11 is 9.34. The van der Waals surface area contributed by atoms with Crippen LogP contribution in [-0.4, -0.2) is 43.5 Å². The van der Waals surface area contributed by atoms with E-state index in [-0.39, 0.29) is 5.91 Å². The van der Waals surface area contributed by atoms with Gasteiger partial charge in [-0.1, -0.05) is 17.7 Å². The normalized spacial score (nSPS) is 16.6. The minimum absolute atomic E-state index is 0.0140. The molecule has 0 aliphatic carbocycles. The highest BCUT2D eigenvalue weighted by atomic mass is 79.9. The lowest BCUT2D eigenvalue weighted by Gasteiger charge is -2.26. The summed E-state index contributed by atoms with van der Waals surface area (Å²) in [4.78, 5) is 14.0. The van der Waals surface area contributed by atoms with Crippen LogP contribution in [-0.2, 0) is 4.79 Å². The molecule has 1 aliphatic heterocycles. The van der Waals surface area contributed by atoms with Crippen LogP contribution in [0.1, 0.15) is 0 Å². The van der Waals surface area contributed by atoms with Crippen LogP contribution in [0.4, 0.5) is 5.69 Å². The van der Waals surface area contributed by atoms with Gasteiger partial charge >= 0.3 is 0 Å². The molecule has 6 heteroatoms. The third-order valence-electron chi connectivity index (χ3n) is 2.80. The minimum Gasteiger partial charge on any atom is -0.324 e. The SMILES string of the molecule is O=C(CN1CCNCC1)Nc1cccc(Cl)c1Br. The van der Waals surface area contributed by atoms with Crippen molar-refractivity contribution in [2.75, 3.05) is 38.0 Å². The van der Waals surface area contributed by atoms with Crippen LogP contribution in [0.15, 0.2) is 22.7 Å². The number of carbonyl (C=O) groups is 1. The van der Waals surface area contributed by atoms with Gasteiger partial charge in [-0.05, 0) is 28.1 Å². The molecule has 0 bridgehead atoms. The van der Waals surface area contributed by atoms with E-state index in [9.17, 15) is 4.79 Å². The van der Waals surface area contributed by atoms with Crippen LogP contribution >= 0.6 is 27.5 Å². The van der Waals surface area contributed by atoms with Gasteiger partial charge in [-0.15, -0.1) is 0 Å². The van der Waals surface area contributed by atoms with Gasteiger partial charge in [0.15, 0.2) is 0 Å². The van der Waals surface area contributed by atoms with E-state index < -0.39 is 0 Å². The second-order valence-corrected chi connectivity index (χ2v) is 5.38. The van der Waals surface area contributed by atoms with Gasteiger partial charge in [0, 0.05) is 26.2 Å². The second kappa shape index (κ2) is 6.52.